The van der Waals surface area contributed by atoms with Gasteiger partial charge in [-0.05, 0) is 18.6 Å². The Morgan fingerprint density at radius 3 is 2.63 bits per heavy atom. The molecule has 2 rings (SSSR count). The number of benzene rings is 2. The first-order valence-electron chi connectivity index (χ1n) is 6.31. The Morgan fingerprint density at radius 2 is 1.95 bits per heavy atom. The maximum absolute atomic E-state index is 9.84. The number of nitrogens with one attached hydrogen (secondary N) is 1. The van der Waals surface area contributed by atoms with Crippen molar-refractivity contribution >= 4 is 0 Å². The van der Waals surface area contributed by atoms with Crippen molar-refractivity contribution < 1.29 is 9.84 Å². The minimum absolute atomic E-state index is 0.260. The van der Waals surface area contributed by atoms with Gasteiger partial charge in [-0.15, -0.1) is 0 Å². The lowest BCUT2D eigenvalue weighted by atomic mass is 10.1. The second-order valence-electron chi connectivity index (χ2n) is 4.59. The summed E-state index contributed by atoms with van der Waals surface area (Å²) in [5.41, 5.74) is 3.37. The molecule has 0 unspecified atom stereocenters. The number of aryl methyl sites for hydroxylation is 1. The van der Waals surface area contributed by atoms with Gasteiger partial charge in [-0.3, -0.25) is 0 Å². The van der Waals surface area contributed by atoms with E-state index in [0.717, 1.165) is 12.1 Å². The van der Waals surface area contributed by atoms with E-state index in [1.807, 2.05) is 12.1 Å². The number of ether oxygens (including phenoxy) is 1. The Hall–Kier alpha value is -2.00. The maximum atomic E-state index is 9.84. The Labute approximate surface area is 113 Å². The SMILES string of the molecule is COc1ccc(CNCc2cccc(C)c2)c(O)c1. The van der Waals surface area contributed by atoms with Crippen molar-refractivity contribution in [2.45, 2.75) is 20.0 Å². The van der Waals surface area contributed by atoms with E-state index >= 15 is 0 Å². The van der Waals surface area contributed by atoms with Crippen molar-refractivity contribution in [2.75, 3.05) is 7.11 Å². The molecule has 0 heterocycles. The number of rotatable bonds is 5. The average molecular weight is 257 g/mol. The second-order valence-corrected chi connectivity index (χ2v) is 4.59. The Balaban J connectivity index is 1.92. The van der Waals surface area contributed by atoms with Gasteiger partial charge < -0.3 is 15.2 Å². The van der Waals surface area contributed by atoms with Crippen LogP contribution < -0.4 is 10.1 Å². The van der Waals surface area contributed by atoms with Crippen molar-refractivity contribution in [2.24, 2.45) is 0 Å². The Bertz CT molecular complexity index is 552. The smallest absolute Gasteiger partial charge is 0.123 e. The number of hydrogen-bond donors (Lipinski definition) is 2. The van der Waals surface area contributed by atoms with E-state index in [0.29, 0.717) is 12.3 Å². The zero-order valence-corrected chi connectivity index (χ0v) is 11.3. The monoisotopic (exact) mass is 257 g/mol. The zero-order chi connectivity index (χ0) is 13.7. The van der Waals surface area contributed by atoms with Crippen LogP contribution in [0.4, 0.5) is 0 Å². The van der Waals surface area contributed by atoms with E-state index < -0.39 is 0 Å². The van der Waals surface area contributed by atoms with Crippen LogP contribution in [-0.2, 0) is 13.1 Å². The van der Waals surface area contributed by atoms with Gasteiger partial charge in [0.2, 0.25) is 0 Å². The van der Waals surface area contributed by atoms with Crippen LogP contribution in [0, 0.1) is 6.92 Å². The number of phenols is 1. The van der Waals surface area contributed by atoms with Gasteiger partial charge >= 0.3 is 0 Å². The molecule has 0 amide bonds. The molecule has 0 saturated heterocycles. The van der Waals surface area contributed by atoms with Gasteiger partial charge in [0, 0.05) is 24.7 Å². The minimum atomic E-state index is 0.260. The zero-order valence-electron chi connectivity index (χ0n) is 11.3. The first-order valence-corrected chi connectivity index (χ1v) is 6.31. The van der Waals surface area contributed by atoms with Gasteiger partial charge in [-0.25, -0.2) is 0 Å². The third-order valence-corrected chi connectivity index (χ3v) is 3.02. The van der Waals surface area contributed by atoms with Crippen LogP contribution in [0.15, 0.2) is 42.5 Å². The lowest BCUT2D eigenvalue weighted by Crippen LogP contribution is -2.12. The molecule has 100 valence electrons. The van der Waals surface area contributed by atoms with E-state index in [1.165, 1.54) is 11.1 Å². The molecule has 2 aromatic carbocycles. The van der Waals surface area contributed by atoms with Crippen LogP contribution in [0.5, 0.6) is 11.5 Å². The maximum Gasteiger partial charge on any atom is 0.123 e. The molecule has 0 saturated carbocycles. The van der Waals surface area contributed by atoms with Crippen LogP contribution >= 0.6 is 0 Å². The molecule has 0 atom stereocenters. The Morgan fingerprint density at radius 1 is 1.11 bits per heavy atom. The molecule has 2 aromatic rings. The molecule has 0 radical (unpaired) electrons. The summed E-state index contributed by atoms with van der Waals surface area (Å²) in [5.74, 6) is 0.927. The largest absolute Gasteiger partial charge is 0.507 e. The van der Waals surface area contributed by atoms with Crippen LogP contribution in [-0.4, -0.2) is 12.2 Å². The van der Waals surface area contributed by atoms with Crippen LogP contribution in [0.3, 0.4) is 0 Å². The highest BCUT2D eigenvalue weighted by molar-refractivity contribution is 5.39. The second kappa shape index (κ2) is 6.25. The molecular formula is C16H19NO2. The summed E-state index contributed by atoms with van der Waals surface area (Å²) in [6.07, 6.45) is 0. The summed E-state index contributed by atoms with van der Waals surface area (Å²) in [4.78, 5) is 0. The van der Waals surface area contributed by atoms with Gasteiger partial charge in [0.05, 0.1) is 7.11 Å². The molecule has 2 N–H and O–H groups in total. The molecule has 0 bridgehead atoms. The summed E-state index contributed by atoms with van der Waals surface area (Å²) in [5, 5.41) is 13.2. The van der Waals surface area contributed by atoms with E-state index in [-0.39, 0.29) is 5.75 Å². The normalized spacial score (nSPS) is 10.4. The van der Waals surface area contributed by atoms with Crippen LogP contribution in [0.1, 0.15) is 16.7 Å². The fourth-order valence-electron chi connectivity index (χ4n) is 1.98. The Kier molecular flexibility index (Phi) is 4.42. The predicted octanol–water partition coefficient (Wildman–Crippen LogP) is 3.00. The van der Waals surface area contributed by atoms with Crippen molar-refractivity contribution in [3.8, 4) is 11.5 Å². The van der Waals surface area contributed by atoms with Gasteiger partial charge in [-0.1, -0.05) is 35.9 Å². The molecule has 0 aromatic heterocycles. The number of methoxy groups -OCH3 is 1. The number of phenolic OH excluding ortho intramolecular Hbond substituents is 1. The highest BCUT2D eigenvalue weighted by atomic mass is 16.5. The van der Waals surface area contributed by atoms with Crippen molar-refractivity contribution in [1.82, 2.24) is 5.32 Å². The first-order chi connectivity index (χ1) is 9.19. The van der Waals surface area contributed by atoms with E-state index in [2.05, 4.69) is 36.5 Å². The minimum Gasteiger partial charge on any atom is -0.507 e. The van der Waals surface area contributed by atoms with Gasteiger partial charge in [0.1, 0.15) is 11.5 Å². The third-order valence-electron chi connectivity index (χ3n) is 3.02. The lowest BCUT2D eigenvalue weighted by molar-refractivity contribution is 0.406. The predicted molar refractivity (Wildman–Crippen MR) is 76.4 cm³/mol. The van der Waals surface area contributed by atoms with Gasteiger partial charge in [0.15, 0.2) is 0 Å². The molecule has 19 heavy (non-hydrogen) atoms. The summed E-state index contributed by atoms with van der Waals surface area (Å²) < 4.78 is 5.06. The number of hydrogen-bond acceptors (Lipinski definition) is 3. The highest BCUT2D eigenvalue weighted by Crippen LogP contribution is 2.23. The fourth-order valence-corrected chi connectivity index (χ4v) is 1.98. The third kappa shape index (κ3) is 3.73. The van der Waals surface area contributed by atoms with Crippen LogP contribution in [0.2, 0.25) is 0 Å². The quantitative estimate of drug-likeness (QED) is 0.865. The molecule has 3 heteroatoms. The standard InChI is InChI=1S/C16H19NO2/c1-12-4-3-5-13(8-12)10-17-11-14-6-7-15(19-2)9-16(14)18/h3-9,17-18H,10-11H2,1-2H3. The molecule has 0 fully saturated rings. The van der Waals surface area contributed by atoms with Crippen molar-refractivity contribution in [1.29, 1.82) is 0 Å². The topological polar surface area (TPSA) is 41.5 Å². The summed E-state index contributed by atoms with van der Waals surface area (Å²) in [6, 6.07) is 13.7. The molecule has 0 aliphatic carbocycles. The first kappa shape index (κ1) is 13.4. The summed E-state index contributed by atoms with van der Waals surface area (Å²) >= 11 is 0. The molecule has 0 aliphatic rings. The van der Waals surface area contributed by atoms with Crippen molar-refractivity contribution in [3.05, 3.63) is 59.2 Å². The van der Waals surface area contributed by atoms with E-state index in [4.69, 9.17) is 4.74 Å². The van der Waals surface area contributed by atoms with Crippen LogP contribution in [0.25, 0.3) is 0 Å². The average Bonchev–Trinajstić information content (AvgIpc) is 2.40. The fraction of sp³-hybridized carbons (Fsp3) is 0.250. The lowest BCUT2D eigenvalue weighted by Gasteiger charge is -2.09. The van der Waals surface area contributed by atoms with Gasteiger partial charge in [0.25, 0.3) is 0 Å². The summed E-state index contributed by atoms with van der Waals surface area (Å²) in [6.45, 7) is 3.50. The van der Waals surface area contributed by atoms with Gasteiger partial charge in [-0.2, -0.15) is 0 Å². The van der Waals surface area contributed by atoms with Crippen molar-refractivity contribution in [3.63, 3.8) is 0 Å². The molecule has 0 aliphatic heterocycles. The highest BCUT2D eigenvalue weighted by Gasteiger charge is 2.02. The number of aromatic hydroxyl groups is 1. The molecular weight excluding hydrogens is 238 g/mol. The molecule has 0 spiro atoms. The summed E-state index contributed by atoms with van der Waals surface area (Å²) in [7, 11) is 1.59. The molecule has 3 nitrogen and oxygen atoms in total. The van der Waals surface area contributed by atoms with E-state index in [9.17, 15) is 5.11 Å². The van der Waals surface area contributed by atoms with E-state index in [1.54, 1.807) is 13.2 Å².